The van der Waals surface area contributed by atoms with Gasteiger partial charge in [0.25, 0.3) is 0 Å². The molecular weight excluding hydrogens is 457 g/mol. The van der Waals surface area contributed by atoms with Crippen LogP contribution in [0.15, 0.2) is 48.5 Å². The van der Waals surface area contributed by atoms with E-state index in [9.17, 15) is 27.6 Å². The van der Waals surface area contributed by atoms with Crippen molar-refractivity contribution in [1.29, 1.82) is 0 Å². The van der Waals surface area contributed by atoms with Gasteiger partial charge < -0.3 is 15.8 Å². The summed E-state index contributed by atoms with van der Waals surface area (Å²) in [5.41, 5.74) is 9.43. The topological polar surface area (TPSA) is 117 Å². The van der Waals surface area contributed by atoms with Gasteiger partial charge in [0.1, 0.15) is 12.6 Å². The van der Waals surface area contributed by atoms with Crippen LogP contribution in [-0.4, -0.2) is 43.4 Å². The number of nitrogens with two attached hydrogens (primary N) is 1. The minimum Gasteiger partial charge on any atom is -0.449 e. The Kier molecular flexibility index (Phi) is 8.11. The summed E-state index contributed by atoms with van der Waals surface area (Å²) < 4.78 is 42.1. The smallest absolute Gasteiger partial charge is 0.449 e. The van der Waals surface area contributed by atoms with Crippen molar-refractivity contribution in [1.82, 2.24) is 5.32 Å². The number of carbonyl (C=O) groups excluding carboxylic acids is 3. The average molecular weight is 480 g/mol. The van der Waals surface area contributed by atoms with Crippen molar-refractivity contribution in [2.75, 3.05) is 13.2 Å². The van der Waals surface area contributed by atoms with Gasteiger partial charge in [0.2, 0.25) is 0 Å². The molecule has 0 fully saturated rings. The molecule has 2 aromatic rings. The molecule has 1 aliphatic rings. The van der Waals surface area contributed by atoms with Crippen LogP contribution in [0.1, 0.15) is 36.3 Å². The molecule has 182 valence electrons. The minimum absolute atomic E-state index is 0.0101. The second-order valence-corrected chi connectivity index (χ2v) is 7.58. The van der Waals surface area contributed by atoms with E-state index >= 15 is 0 Å². The van der Waals surface area contributed by atoms with Crippen LogP contribution >= 0.6 is 0 Å². The maximum atomic E-state index is 12.4. The first-order valence-corrected chi connectivity index (χ1v) is 10.5. The van der Waals surface area contributed by atoms with E-state index in [4.69, 9.17) is 10.5 Å². The molecule has 3 rings (SSSR count). The van der Waals surface area contributed by atoms with Crippen molar-refractivity contribution in [2.45, 2.75) is 37.4 Å². The third kappa shape index (κ3) is 6.04. The fourth-order valence-corrected chi connectivity index (χ4v) is 3.71. The van der Waals surface area contributed by atoms with Gasteiger partial charge >= 0.3 is 24.2 Å². The lowest BCUT2D eigenvalue weighted by Gasteiger charge is -2.18. The quantitative estimate of drug-likeness (QED) is 0.337. The van der Waals surface area contributed by atoms with Gasteiger partial charge in [-0.25, -0.2) is 24.2 Å². The van der Waals surface area contributed by atoms with Crippen LogP contribution in [0, 0.1) is 0 Å². The summed E-state index contributed by atoms with van der Waals surface area (Å²) in [5, 5.41) is 2.26. The first kappa shape index (κ1) is 25.0. The zero-order valence-corrected chi connectivity index (χ0v) is 18.0. The summed E-state index contributed by atoms with van der Waals surface area (Å²) in [5.74, 6) is -4.29. The second kappa shape index (κ2) is 11.0. The fourth-order valence-electron chi connectivity index (χ4n) is 3.71. The van der Waals surface area contributed by atoms with E-state index < -0.39 is 30.2 Å². The molecule has 1 amide bonds. The lowest BCUT2D eigenvalue weighted by atomic mass is 9.98. The molecule has 11 heteroatoms. The number of hydrogen-bond acceptors (Lipinski definition) is 7. The Labute approximate surface area is 193 Å². The van der Waals surface area contributed by atoms with Gasteiger partial charge in [-0.2, -0.15) is 13.2 Å². The summed E-state index contributed by atoms with van der Waals surface area (Å²) in [4.78, 5) is 42.8. The Morgan fingerprint density at radius 3 is 2.09 bits per heavy atom. The number of alkyl halides is 3. The number of hydrogen-bond donors (Lipinski definition) is 2. The monoisotopic (exact) mass is 480 g/mol. The fraction of sp³-hybridized carbons (Fsp3) is 0.348. The van der Waals surface area contributed by atoms with Gasteiger partial charge in [0.15, 0.2) is 0 Å². The molecule has 1 atom stereocenters. The highest BCUT2D eigenvalue weighted by atomic mass is 19.4. The molecule has 0 saturated carbocycles. The van der Waals surface area contributed by atoms with E-state index in [0.717, 1.165) is 22.3 Å². The summed E-state index contributed by atoms with van der Waals surface area (Å²) >= 11 is 0. The number of unbranched alkanes of at least 4 members (excludes halogenated alkanes) is 1. The first-order valence-electron chi connectivity index (χ1n) is 10.5. The molecular formula is C23H23F3N2O6. The van der Waals surface area contributed by atoms with E-state index in [-0.39, 0.29) is 18.9 Å². The molecule has 2 aromatic carbocycles. The van der Waals surface area contributed by atoms with Gasteiger partial charge in [-0.15, -0.1) is 0 Å². The third-order valence-corrected chi connectivity index (χ3v) is 5.30. The van der Waals surface area contributed by atoms with E-state index in [2.05, 4.69) is 15.1 Å². The molecule has 0 radical (unpaired) electrons. The normalized spacial score (nSPS) is 13.4. The van der Waals surface area contributed by atoms with Crippen molar-refractivity contribution < 1.29 is 42.1 Å². The van der Waals surface area contributed by atoms with Crippen LogP contribution in [0.3, 0.4) is 0 Å². The van der Waals surface area contributed by atoms with Crippen LogP contribution in [0.4, 0.5) is 18.0 Å². The molecule has 0 spiro atoms. The predicted molar refractivity (Wildman–Crippen MR) is 113 cm³/mol. The molecule has 0 unspecified atom stereocenters. The van der Waals surface area contributed by atoms with Crippen LogP contribution < -0.4 is 11.1 Å². The lowest BCUT2D eigenvalue weighted by Crippen LogP contribution is -2.43. The Morgan fingerprint density at radius 2 is 1.53 bits per heavy atom. The minimum atomic E-state index is -5.34. The number of rotatable bonds is 8. The predicted octanol–water partition coefficient (Wildman–Crippen LogP) is 3.59. The van der Waals surface area contributed by atoms with Gasteiger partial charge in [0, 0.05) is 5.92 Å². The van der Waals surface area contributed by atoms with Crippen molar-refractivity contribution in [3.8, 4) is 11.1 Å². The van der Waals surface area contributed by atoms with Crippen LogP contribution in [0.5, 0.6) is 0 Å². The van der Waals surface area contributed by atoms with Crippen molar-refractivity contribution in [2.24, 2.45) is 5.73 Å². The SMILES string of the molecule is NCCCC[C@H](NC(=O)OCC1c2ccccc2-c2ccccc21)C(=O)OOC(=O)C(F)(F)F. The molecule has 0 aromatic heterocycles. The summed E-state index contributed by atoms with van der Waals surface area (Å²) in [7, 11) is 0. The molecule has 34 heavy (non-hydrogen) atoms. The largest absolute Gasteiger partial charge is 0.495 e. The second-order valence-electron chi connectivity index (χ2n) is 7.58. The van der Waals surface area contributed by atoms with Gasteiger partial charge in [0.05, 0.1) is 0 Å². The Balaban J connectivity index is 1.62. The molecule has 1 aliphatic carbocycles. The number of fused-ring (bicyclic) bond motifs is 3. The summed E-state index contributed by atoms with van der Waals surface area (Å²) in [6, 6.07) is 14.0. The highest BCUT2D eigenvalue weighted by molar-refractivity contribution is 5.83. The van der Waals surface area contributed by atoms with Gasteiger partial charge in [-0.1, -0.05) is 48.5 Å². The molecule has 8 nitrogen and oxygen atoms in total. The number of carbonyl (C=O) groups is 3. The molecule has 0 bridgehead atoms. The zero-order valence-electron chi connectivity index (χ0n) is 18.0. The van der Waals surface area contributed by atoms with E-state index in [1.165, 1.54) is 0 Å². The average Bonchev–Trinajstić information content (AvgIpc) is 3.13. The Bertz CT molecular complexity index is 998. The number of nitrogens with one attached hydrogen (secondary N) is 1. The van der Waals surface area contributed by atoms with Gasteiger partial charge in [-0.05, 0) is 48.1 Å². The summed E-state index contributed by atoms with van der Waals surface area (Å²) in [6.07, 6.45) is -5.48. The zero-order chi connectivity index (χ0) is 24.7. The van der Waals surface area contributed by atoms with Crippen LogP contribution in [0.2, 0.25) is 0 Å². The Morgan fingerprint density at radius 1 is 0.941 bits per heavy atom. The Hall–Kier alpha value is -3.60. The van der Waals surface area contributed by atoms with Gasteiger partial charge in [-0.3, -0.25) is 0 Å². The molecule has 3 N–H and O–H groups in total. The van der Waals surface area contributed by atoms with E-state index in [0.29, 0.717) is 19.4 Å². The number of halogens is 3. The van der Waals surface area contributed by atoms with Crippen molar-refractivity contribution >= 4 is 18.0 Å². The van der Waals surface area contributed by atoms with Crippen molar-refractivity contribution in [3.05, 3.63) is 59.7 Å². The number of amides is 1. The highest BCUT2D eigenvalue weighted by Crippen LogP contribution is 2.44. The van der Waals surface area contributed by atoms with E-state index in [1.54, 1.807) is 0 Å². The van der Waals surface area contributed by atoms with Crippen molar-refractivity contribution in [3.63, 3.8) is 0 Å². The maximum Gasteiger partial charge on any atom is 0.495 e. The van der Waals surface area contributed by atoms with Crippen LogP contribution in [-0.2, 0) is 24.1 Å². The molecule has 0 saturated heterocycles. The maximum absolute atomic E-state index is 12.4. The molecule has 0 heterocycles. The van der Waals surface area contributed by atoms with Crippen LogP contribution in [0.25, 0.3) is 11.1 Å². The first-order chi connectivity index (χ1) is 16.2. The highest BCUT2D eigenvalue weighted by Gasteiger charge is 2.43. The summed E-state index contributed by atoms with van der Waals surface area (Å²) in [6.45, 7) is 0.267. The molecule has 0 aliphatic heterocycles. The third-order valence-electron chi connectivity index (χ3n) is 5.30. The number of ether oxygens (including phenoxy) is 1. The number of alkyl carbamates (subject to hydrolysis) is 1. The number of benzene rings is 2. The van der Waals surface area contributed by atoms with E-state index in [1.807, 2.05) is 48.5 Å². The standard InChI is InChI=1S/C23H23F3N2O6/c24-23(25,26)21(30)34-33-20(29)19(11-5-6-12-27)28-22(31)32-13-18-16-9-3-1-7-14(16)15-8-2-4-10-17(15)18/h1-4,7-10,18-19H,5-6,11-13,27H2,(H,28,31)/t19-/m0/s1. The lowest BCUT2D eigenvalue weighted by molar-refractivity contribution is -0.286.